The number of nitrogens with zero attached hydrogens (tertiary/aromatic N) is 3. The summed E-state index contributed by atoms with van der Waals surface area (Å²) in [6, 6.07) is 11.6. The zero-order valence-corrected chi connectivity index (χ0v) is 19.0. The minimum absolute atomic E-state index is 0.0137. The number of aromatic nitrogens is 2. The molecule has 31 heavy (non-hydrogen) atoms. The lowest BCUT2D eigenvalue weighted by molar-refractivity contribution is 0.102. The standard InChI is InChI=1S/C21H20Cl2N4O3S/c1-14-18(13-24-27(14)17-6-4-5-15(22)11-17)21(28)25-16-7-8-19(23)20(12-16)31(29,30)26-9-2-3-10-26/h4-8,11-13H,2-3,9-10H2,1H3,(H,25,28). The van der Waals surface area contributed by atoms with Crippen LogP contribution in [-0.4, -0.2) is 41.5 Å². The number of amides is 1. The third-order valence-electron chi connectivity index (χ3n) is 5.18. The number of rotatable bonds is 5. The smallest absolute Gasteiger partial charge is 0.259 e. The van der Waals surface area contributed by atoms with Crippen LogP contribution in [0.5, 0.6) is 0 Å². The number of nitrogens with one attached hydrogen (secondary N) is 1. The monoisotopic (exact) mass is 478 g/mol. The number of benzene rings is 2. The van der Waals surface area contributed by atoms with Gasteiger partial charge < -0.3 is 5.32 Å². The van der Waals surface area contributed by atoms with Gasteiger partial charge in [0, 0.05) is 23.8 Å². The topological polar surface area (TPSA) is 84.3 Å². The van der Waals surface area contributed by atoms with Crippen LogP contribution in [0.25, 0.3) is 5.69 Å². The Hall–Kier alpha value is -2.39. The van der Waals surface area contributed by atoms with Crippen LogP contribution >= 0.6 is 23.2 Å². The van der Waals surface area contributed by atoms with Crippen molar-refractivity contribution in [2.45, 2.75) is 24.7 Å². The summed E-state index contributed by atoms with van der Waals surface area (Å²) in [4.78, 5) is 12.9. The van der Waals surface area contributed by atoms with Gasteiger partial charge in [-0.1, -0.05) is 29.3 Å². The fourth-order valence-corrected chi connectivity index (χ4v) is 5.75. The first-order valence-corrected chi connectivity index (χ1v) is 11.9. The lowest BCUT2D eigenvalue weighted by Crippen LogP contribution is -2.28. The number of carbonyl (C=O) groups excluding carboxylic acids is 1. The van der Waals surface area contributed by atoms with Crippen LogP contribution in [-0.2, 0) is 10.0 Å². The molecule has 1 fully saturated rings. The van der Waals surface area contributed by atoms with E-state index in [1.165, 1.54) is 22.6 Å². The zero-order chi connectivity index (χ0) is 22.2. The summed E-state index contributed by atoms with van der Waals surface area (Å²) in [6.07, 6.45) is 3.11. The van der Waals surface area contributed by atoms with E-state index in [1.54, 1.807) is 35.9 Å². The maximum Gasteiger partial charge on any atom is 0.259 e. The molecule has 1 aliphatic heterocycles. The first-order valence-electron chi connectivity index (χ1n) is 9.69. The van der Waals surface area contributed by atoms with Crippen LogP contribution in [0.1, 0.15) is 28.9 Å². The van der Waals surface area contributed by atoms with Crippen LogP contribution in [0.3, 0.4) is 0 Å². The van der Waals surface area contributed by atoms with Gasteiger partial charge in [0.2, 0.25) is 10.0 Å². The highest BCUT2D eigenvalue weighted by Crippen LogP contribution is 2.30. The van der Waals surface area contributed by atoms with Crippen LogP contribution < -0.4 is 5.32 Å². The number of halogens is 2. The summed E-state index contributed by atoms with van der Waals surface area (Å²) in [7, 11) is -3.72. The molecule has 162 valence electrons. The van der Waals surface area contributed by atoms with E-state index in [-0.39, 0.29) is 9.92 Å². The van der Waals surface area contributed by atoms with Gasteiger partial charge in [-0.25, -0.2) is 13.1 Å². The summed E-state index contributed by atoms with van der Waals surface area (Å²) >= 11 is 12.2. The lowest BCUT2D eigenvalue weighted by atomic mass is 10.2. The Balaban J connectivity index is 1.60. The molecule has 1 amide bonds. The van der Waals surface area contributed by atoms with Crippen molar-refractivity contribution in [2.24, 2.45) is 0 Å². The van der Waals surface area contributed by atoms with E-state index in [0.717, 1.165) is 18.5 Å². The predicted molar refractivity (Wildman–Crippen MR) is 121 cm³/mol. The molecule has 0 atom stereocenters. The molecule has 1 N–H and O–H groups in total. The molecule has 10 heteroatoms. The molecule has 1 aliphatic rings. The minimum atomic E-state index is -3.72. The van der Waals surface area contributed by atoms with Gasteiger partial charge in [-0.3, -0.25) is 4.79 Å². The highest BCUT2D eigenvalue weighted by molar-refractivity contribution is 7.89. The minimum Gasteiger partial charge on any atom is -0.322 e. The van der Waals surface area contributed by atoms with Crippen molar-refractivity contribution in [3.05, 3.63) is 70.0 Å². The fraction of sp³-hybridized carbons (Fsp3) is 0.238. The van der Waals surface area contributed by atoms with Gasteiger partial charge in [-0.05, 0) is 56.2 Å². The number of anilines is 1. The van der Waals surface area contributed by atoms with E-state index < -0.39 is 15.9 Å². The summed E-state index contributed by atoms with van der Waals surface area (Å²) in [5, 5.41) is 7.71. The molecule has 0 aliphatic carbocycles. The van der Waals surface area contributed by atoms with Crippen molar-refractivity contribution in [1.29, 1.82) is 0 Å². The number of hydrogen-bond acceptors (Lipinski definition) is 4. The van der Waals surface area contributed by atoms with Crippen molar-refractivity contribution < 1.29 is 13.2 Å². The van der Waals surface area contributed by atoms with E-state index in [4.69, 9.17) is 23.2 Å². The first kappa shape index (κ1) is 21.8. The van der Waals surface area contributed by atoms with E-state index >= 15 is 0 Å². The molecule has 0 unspecified atom stereocenters. The Morgan fingerprint density at radius 3 is 2.55 bits per heavy atom. The Kier molecular flexibility index (Phi) is 6.07. The second-order valence-corrected chi connectivity index (χ2v) is 10.00. The van der Waals surface area contributed by atoms with E-state index in [0.29, 0.717) is 35.1 Å². The quantitative estimate of drug-likeness (QED) is 0.583. The van der Waals surface area contributed by atoms with Crippen LogP contribution in [0, 0.1) is 6.92 Å². The molecule has 0 saturated carbocycles. The fourth-order valence-electron chi connectivity index (χ4n) is 3.55. The first-order chi connectivity index (χ1) is 14.8. The second kappa shape index (κ2) is 8.63. The molecule has 1 saturated heterocycles. The van der Waals surface area contributed by atoms with Crippen molar-refractivity contribution in [2.75, 3.05) is 18.4 Å². The lowest BCUT2D eigenvalue weighted by Gasteiger charge is -2.17. The Bertz CT molecular complexity index is 1250. The van der Waals surface area contributed by atoms with Gasteiger partial charge in [-0.2, -0.15) is 9.40 Å². The summed E-state index contributed by atoms with van der Waals surface area (Å²) in [5.41, 5.74) is 2.05. The maximum atomic E-state index is 12.9. The average Bonchev–Trinajstić information content (AvgIpc) is 3.40. The molecule has 1 aromatic heterocycles. The van der Waals surface area contributed by atoms with Gasteiger partial charge in [-0.15, -0.1) is 0 Å². The molecule has 2 heterocycles. The molecule has 7 nitrogen and oxygen atoms in total. The molecule has 4 rings (SSSR count). The molecule has 0 radical (unpaired) electrons. The molecular weight excluding hydrogens is 459 g/mol. The van der Waals surface area contributed by atoms with Crippen LogP contribution in [0.2, 0.25) is 10.0 Å². The van der Waals surface area contributed by atoms with E-state index in [1.807, 2.05) is 6.07 Å². The summed E-state index contributed by atoms with van der Waals surface area (Å²) in [6.45, 7) is 2.71. The van der Waals surface area contributed by atoms with E-state index in [2.05, 4.69) is 10.4 Å². The summed E-state index contributed by atoms with van der Waals surface area (Å²) in [5.74, 6) is -0.405. The Morgan fingerprint density at radius 1 is 1.10 bits per heavy atom. The van der Waals surface area contributed by atoms with Crippen LogP contribution in [0.4, 0.5) is 5.69 Å². The van der Waals surface area contributed by atoms with Gasteiger partial charge in [0.15, 0.2) is 0 Å². The third kappa shape index (κ3) is 4.34. The maximum absolute atomic E-state index is 12.9. The second-order valence-electron chi connectivity index (χ2n) is 7.25. The average molecular weight is 479 g/mol. The number of hydrogen-bond donors (Lipinski definition) is 1. The van der Waals surface area contributed by atoms with Crippen molar-refractivity contribution in [1.82, 2.24) is 14.1 Å². The van der Waals surface area contributed by atoms with Crippen LogP contribution in [0.15, 0.2) is 53.6 Å². The highest BCUT2D eigenvalue weighted by Gasteiger charge is 2.29. The van der Waals surface area contributed by atoms with E-state index in [9.17, 15) is 13.2 Å². The zero-order valence-electron chi connectivity index (χ0n) is 16.7. The normalized spacial score (nSPS) is 14.7. The Morgan fingerprint density at radius 2 is 1.84 bits per heavy atom. The van der Waals surface area contributed by atoms with Gasteiger partial charge in [0.05, 0.1) is 28.2 Å². The molecule has 0 bridgehead atoms. The molecular formula is C21H20Cl2N4O3S. The number of sulfonamides is 1. The predicted octanol–water partition coefficient (Wildman–Crippen LogP) is 4.52. The number of carbonyl (C=O) groups is 1. The molecule has 0 spiro atoms. The van der Waals surface area contributed by atoms with Gasteiger partial charge in [0.25, 0.3) is 5.91 Å². The van der Waals surface area contributed by atoms with Crippen molar-refractivity contribution in [3.8, 4) is 5.69 Å². The summed E-state index contributed by atoms with van der Waals surface area (Å²) < 4.78 is 28.9. The van der Waals surface area contributed by atoms with Gasteiger partial charge in [0.1, 0.15) is 4.90 Å². The molecule has 2 aromatic carbocycles. The Labute approximate surface area is 190 Å². The molecule has 3 aromatic rings. The van der Waals surface area contributed by atoms with Crippen molar-refractivity contribution >= 4 is 44.8 Å². The van der Waals surface area contributed by atoms with Gasteiger partial charge >= 0.3 is 0 Å². The largest absolute Gasteiger partial charge is 0.322 e. The van der Waals surface area contributed by atoms with Crippen molar-refractivity contribution in [3.63, 3.8) is 0 Å². The highest BCUT2D eigenvalue weighted by atomic mass is 35.5. The SMILES string of the molecule is Cc1c(C(=O)Nc2ccc(Cl)c(S(=O)(=O)N3CCCC3)c2)cnn1-c1cccc(Cl)c1. The third-order valence-corrected chi connectivity index (χ3v) is 7.79.